The summed E-state index contributed by atoms with van der Waals surface area (Å²) in [7, 11) is 0. The molecule has 0 bridgehead atoms. The van der Waals surface area contributed by atoms with Gasteiger partial charge in [0, 0.05) is 12.6 Å². The Morgan fingerprint density at radius 2 is 2.38 bits per heavy atom. The Hall–Kier alpha value is -1.12. The molecule has 0 aliphatic carbocycles. The van der Waals surface area contributed by atoms with Crippen LogP contribution in [0.4, 0.5) is 4.39 Å². The SMILES string of the molecule is C=CC[C@@H]1CCCN1C(=O)C(=C)F. The molecule has 0 spiro atoms. The second-order valence-electron chi connectivity index (χ2n) is 3.22. The summed E-state index contributed by atoms with van der Waals surface area (Å²) in [5.41, 5.74) is 0. The van der Waals surface area contributed by atoms with E-state index in [-0.39, 0.29) is 6.04 Å². The van der Waals surface area contributed by atoms with Gasteiger partial charge in [-0.15, -0.1) is 6.58 Å². The molecule has 72 valence electrons. The van der Waals surface area contributed by atoms with E-state index < -0.39 is 11.7 Å². The topological polar surface area (TPSA) is 20.3 Å². The van der Waals surface area contributed by atoms with Crippen LogP contribution in [0, 0.1) is 0 Å². The maximum atomic E-state index is 12.5. The molecule has 0 unspecified atom stereocenters. The van der Waals surface area contributed by atoms with Gasteiger partial charge in [0.1, 0.15) is 0 Å². The van der Waals surface area contributed by atoms with Gasteiger partial charge < -0.3 is 4.90 Å². The average Bonchev–Trinajstić information content (AvgIpc) is 2.52. The lowest BCUT2D eigenvalue weighted by molar-refractivity contribution is -0.129. The fraction of sp³-hybridized carbons (Fsp3) is 0.500. The van der Waals surface area contributed by atoms with E-state index in [4.69, 9.17) is 0 Å². The lowest BCUT2D eigenvalue weighted by Crippen LogP contribution is -2.35. The molecule has 1 aliphatic heterocycles. The van der Waals surface area contributed by atoms with Crippen molar-refractivity contribution < 1.29 is 9.18 Å². The van der Waals surface area contributed by atoms with Gasteiger partial charge in [-0.1, -0.05) is 12.7 Å². The molecule has 1 amide bonds. The largest absolute Gasteiger partial charge is 0.333 e. The summed E-state index contributed by atoms with van der Waals surface area (Å²) in [5, 5.41) is 0. The number of rotatable bonds is 3. The third kappa shape index (κ3) is 2.17. The summed E-state index contributed by atoms with van der Waals surface area (Å²) in [6, 6.07) is 0.123. The van der Waals surface area contributed by atoms with Crippen LogP contribution in [0.2, 0.25) is 0 Å². The maximum Gasteiger partial charge on any atom is 0.282 e. The monoisotopic (exact) mass is 183 g/mol. The van der Waals surface area contributed by atoms with Crippen molar-refractivity contribution in [3.05, 3.63) is 25.1 Å². The van der Waals surface area contributed by atoms with Crippen molar-refractivity contribution in [2.24, 2.45) is 0 Å². The first-order valence-electron chi connectivity index (χ1n) is 4.43. The van der Waals surface area contributed by atoms with Gasteiger partial charge in [-0.3, -0.25) is 4.79 Å². The van der Waals surface area contributed by atoms with Crippen LogP contribution in [0.5, 0.6) is 0 Å². The predicted octanol–water partition coefficient (Wildman–Crippen LogP) is 2.04. The van der Waals surface area contributed by atoms with Gasteiger partial charge in [0.25, 0.3) is 5.91 Å². The molecular weight excluding hydrogens is 169 g/mol. The Morgan fingerprint density at radius 3 is 2.92 bits per heavy atom. The molecule has 1 fully saturated rings. The Kier molecular flexibility index (Phi) is 3.23. The zero-order valence-electron chi connectivity index (χ0n) is 7.63. The Balaban J connectivity index is 2.62. The van der Waals surface area contributed by atoms with Gasteiger partial charge in [-0.2, -0.15) is 0 Å². The highest BCUT2D eigenvalue weighted by Gasteiger charge is 2.28. The number of carbonyl (C=O) groups excluding carboxylic acids is 1. The van der Waals surface area contributed by atoms with E-state index >= 15 is 0 Å². The van der Waals surface area contributed by atoms with E-state index in [1.165, 1.54) is 0 Å². The van der Waals surface area contributed by atoms with Crippen molar-refractivity contribution in [3.8, 4) is 0 Å². The van der Waals surface area contributed by atoms with Gasteiger partial charge in [-0.25, -0.2) is 4.39 Å². The number of nitrogens with zero attached hydrogens (tertiary/aromatic N) is 1. The number of hydrogen-bond acceptors (Lipinski definition) is 1. The van der Waals surface area contributed by atoms with Crippen molar-refractivity contribution in [1.82, 2.24) is 4.90 Å². The van der Waals surface area contributed by atoms with E-state index in [2.05, 4.69) is 13.2 Å². The lowest BCUT2D eigenvalue weighted by Gasteiger charge is -2.22. The first kappa shape index (κ1) is 9.96. The fourth-order valence-electron chi connectivity index (χ4n) is 1.70. The standard InChI is InChI=1S/C10H14FNO/c1-3-5-9-6-4-7-12(9)10(13)8(2)11/h3,9H,1-2,4-7H2/t9-/m1/s1. The van der Waals surface area contributed by atoms with Crippen LogP contribution in [0.15, 0.2) is 25.1 Å². The van der Waals surface area contributed by atoms with Crippen LogP contribution in [0.3, 0.4) is 0 Å². The summed E-state index contributed by atoms with van der Waals surface area (Å²) < 4.78 is 12.5. The van der Waals surface area contributed by atoms with Crippen molar-refractivity contribution in [2.75, 3.05) is 6.54 Å². The molecule has 0 N–H and O–H groups in total. The van der Waals surface area contributed by atoms with E-state index in [1.807, 2.05) is 0 Å². The van der Waals surface area contributed by atoms with E-state index in [0.717, 1.165) is 19.3 Å². The van der Waals surface area contributed by atoms with Gasteiger partial charge in [0.2, 0.25) is 0 Å². The van der Waals surface area contributed by atoms with Crippen LogP contribution < -0.4 is 0 Å². The van der Waals surface area contributed by atoms with Crippen molar-refractivity contribution in [2.45, 2.75) is 25.3 Å². The summed E-state index contributed by atoms with van der Waals surface area (Å²) >= 11 is 0. The molecule has 3 heteroatoms. The van der Waals surface area contributed by atoms with Crippen molar-refractivity contribution >= 4 is 5.91 Å². The fourth-order valence-corrected chi connectivity index (χ4v) is 1.70. The van der Waals surface area contributed by atoms with Crippen molar-refractivity contribution in [3.63, 3.8) is 0 Å². The molecule has 1 atom stereocenters. The van der Waals surface area contributed by atoms with Crippen LogP contribution in [0.1, 0.15) is 19.3 Å². The van der Waals surface area contributed by atoms with Crippen LogP contribution in [-0.4, -0.2) is 23.4 Å². The molecule has 13 heavy (non-hydrogen) atoms. The molecule has 0 aromatic heterocycles. The third-order valence-electron chi connectivity index (χ3n) is 2.31. The van der Waals surface area contributed by atoms with Gasteiger partial charge in [-0.05, 0) is 19.3 Å². The average molecular weight is 183 g/mol. The predicted molar refractivity (Wildman–Crippen MR) is 49.8 cm³/mol. The first-order chi connectivity index (χ1) is 6.16. The first-order valence-corrected chi connectivity index (χ1v) is 4.43. The van der Waals surface area contributed by atoms with E-state index in [0.29, 0.717) is 6.54 Å². The molecule has 2 nitrogen and oxygen atoms in total. The highest BCUT2D eigenvalue weighted by molar-refractivity contribution is 5.91. The molecule has 1 heterocycles. The number of likely N-dealkylation sites (tertiary alicyclic amines) is 1. The molecule has 1 rings (SSSR count). The molecule has 0 radical (unpaired) electrons. The summed E-state index contributed by atoms with van der Waals surface area (Å²) in [6.45, 7) is 7.26. The number of hydrogen-bond donors (Lipinski definition) is 0. The highest BCUT2D eigenvalue weighted by atomic mass is 19.1. The van der Waals surface area contributed by atoms with Crippen molar-refractivity contribution in [1.29, 1.82) is 0 Å². The minimum absolute atomic E-state index is 0.123. The number of amides is 1. The Morgan fingerprint density at radius 1 is 1.69 bits per heavy atom. The molecule has 1 saturated heterocycles. The summed E-state index contributed by atoms with van der Waals surface area (Å²) in [4.78, 5) is 12.8. The highest BCUT2D eigenvalue weighted by Crippen LogP contribution is 2.22. The molecular formula is C10H14FNO. The lowest BCUT2D eigenvalue weighted by atomic mass is 10.1. The summed E-state index contributed by atoms with van der Waals surface area (Å²) in [5.74, 6) is -1.43. The minimum atomic E-state index is -0.865. The second-order valence-corrected chi connectivity index (χ2v) is 3.22. The maximum absolute atomic E-state index is 12.5. The molecule has 0 aromatic rings. The number of carbonyl (C=O) groups is 1. The Bertz CT molecular complexity index is 237. The minimum Gasteiger partial charge on any atom is -0.333 e. The van der Waals surface area contributed by atoms with Gasteiger partial charge in [0.05, 0.1) is 0 Å². The molecule has 0 aromatic carbocycles. The van der Waals surface area contributed by atoms with Crippen LogP contribution >= 0.6 is 0 Å². The third-order valence-corrected chi connectivity index (χ3v) is 2.31. The van der Waals surface area contributed by atoms with E-state index in [9.17, 15) is 9.18 Å². The Labute approximate surface area is 77.7 Å². The molecule has 1 aliphatic rings. The zero-order valence-corrected chi connectivity index (χ0v) is 7.63. The molecule has 0 saturated carbocycles. The number of halogens is 1. The summed E-state index contributed by atoms with van der Waals surface area (Å²) in [6.07, 6.45) is 4.37. The van der Waals surface area contributed by atoms with Crippen LogP contribution in [0.25, 0.3) is 0 Å². The second kappa shape index (κ2) is 4.21. The normalized spacial score (nSPS) is 21.6. The van der Waals surface area contributed by atoms with Crippen LogP contribution in [-0.2, 0) is 4.79 Å². The smallest absolute Gasteiger partial charge is 0.282 e. The zero-order chi connectivity index (χ0) is 9.84. The quantitative estimate of drug-likeness (QED) is 0.484. The van der Waals surface area contributed by atoms with Gasteiger partial charge in [0.15, 0.2) is 5.83 Å². The van der Waals surface area contributed by atoms with Gasteiger partial charge >= 0.3 is 0 Å². The van der Waals surface area contributed by atoms with E-state index in [1.54, 1.807) is 11.0 Å².